The first kappa shape index (κ1) is 22.1. The molecule has 3 aromatic carbocycles. The zero-order chi connectivity index (χ0) is 23.4. The molecule has 2 N–H and O–H groups in total. The van der Waals surface area contributed by atoms with E-state index in [-0.39, 0.29) is 30.3 Å². The molecular weight excluding hydrogens is 418 g/mol. The number of carbonyl (C=O) groups is 2. The van der Waals surface area contributed by atoms with Gasteiger partial charge in [-0.05, 0) is 47.9 Å². The molecule has 0 radical (unpaired) electrons. The molecule has 7 heteroatoms. The number of nitrogens with one attached hydrogen (secondary N) is 1. The third-order valence-corrected chi connectivity index (χ3v) is 5.69. The molecule has 0 bridgehead atoms. The van der Waals surface area contributed by atoms with Crippen molar-refractivity contribution in [1.29, 1.82) is 0 Å². The van der Waals surface area contributed by atoms with E-state index in [0.29, 0.717) is 11.3 Å². The smallest absolute Gasteiger partial charge is 0.254 e. The topological polar surface area (TPSA) is 91.2 Å². The second kappa shape index (κ2) is 9.56. The fraction of sp³-hybridized carbons (Fsp3) is 0.192. The lowest BCUT2D eigenvalue weighted by molar-refractivity contribution is -0.119. The number of nitrogens with zero attached hydrogens (tertiary/aromatic N) is 2. The van der Waals surface area contributed by atoms with Crippen LogP contribution in [0.4, 0.5) is 5.69 Å². The third-order valence-electron chi connectivity index (χ3n) is 5.69. The number of amides is 2. The van der Waals surface area contributed by atoms with Crippen LogP contribution in [0.25, 0.3) is 11.1 Å². The Morgan fingerprint density at radius 3 is 2.42 bits per heavy atom. The van der Waals surface area contributed by atoms with Crippen molar-refractivity contribution >= 4 is 23.2 Å². The van der Waals surface area contributed by atoms with Gasteiger partial charge in [0, 0.05) is 12.0 Å². The van der Waals surface area contributed by atoms with Gasteiger partial charge in [0.25, 0.3) is 5.91 Å². The number of aromatic hydroxyl groups is 1. The Bertz CT molecular complexity index is 1200. The molecule has 1 aliphatic rings. The summed E-state index contributed by atoms with van der Waals surface area (Å²) in [6, 6.07) is 21.1. The SMILES string of the molecule is CO/N=C1\C[C@@H](C(=O)Nc2ccccc2O)N(C(=O)c2ccc(-c3ccccc3C)cc2)C1. The second-order valence-corrected chi connectivity index (χ2v) is 7.89. The van der Waals surface area contributed by atoms with E-state index in [9.17, 15) is 14.7 Å². The van der Waals surface area contributed by atoms with Gasteiger partial charge in [0.05, 0.1) is 17.9 Å². The van der Waals surface area contributed by atoms with Crippen molar-refractivity contribution in [2.24, 2.45) is 5.16 Å². The second-order valence-electron chi connectivity index (χ2n) is 7.89. The summed E-state index contributed by atoms with van der Waals surface area (Å²) < 4.78 is 0. The van der Waals surface area contributed by atoms with Gasteiger partial charge in [-0.25, -0.2) is 0 Å². The van der Waals surface area contributed by atoms with E-state index in [0.717, 1.165) is 16.7 Å². The predicted octanol–water partition coefficient (Wildman–Crippen LogP) is 4.22. The van der Waals surface area contributed by atoms with Crippen LogP contribution in [0.5, 0.6) is 5.75 Å². The Morgan fingerprint density at radius 1 is 1.03 bits per heavy atom. The van der Waals surface area contributed by atoms with Gasteiger partial charge in [-0.15, -0.1) is 0 Å². The van der Waals surface area contributed by atoms with Crippen LogP contribution in [0.3, 0.4) is 0 Å². The van der Waals surface area contributed by atoms with Gasteiger partial charge in [-0.2, -0.15) is 0 Å². The van der Waals surface area contributed by atoms with Crippen molar-refractivity contribution in [2.45, 2.75) is 19.4 Å². The number of oxime groups is 1. The van der Waals surface area contributed by atoms with Crippen molar-refractivity contribution in [1.82, 2.24) is 4.90 Å². The maximum Gasteiger partial charge on any atom is 0.254 e. The van der Waals surface area contributed by atoms with Gasteiger partial charge in [0.1, 0.15) is 18.9 Å². The van der Waals surface area contributed by atoms with Crippen LogP contribution in [0, 0.1) is 6.92 Å². The minimum Gasteiger partial charge on any atom is -0.506 e. The van der Waals surface area contributed by atoms with E-state index in [1.54, 1.807) is 30.3 Å². The fourth-order valence-electron chi connectivity index (χ4n) is 4.00. The van der Waals surface area contributed by atoms with Crippen LogP contribution in [-0.2, 0) is 9.63 Å². The summed E-state index contributed by atoms with van der Waals surface area (Å²) in [4.78, 5) is 32.7. The van der Waals surface area contributed by atoms with Crippen LogP contribution >= 0.6 is 0 Å². The fourth-order valence-corrected chi connectivity index (χ4v) is 4.00. The van der Waals surface area contributed by atoms with Gasteiger partial charge in [-0.1, -0.05) is 53.7 Å². The monoisotopic (exact) mass is 443 g/mol. The van der Waals surface area contributed by atoms with E-state index in [1.165, 1.54) is 18.1 Å². The Morgan fingerprint density at radius 2 is 1.73 bits per heavy atom. The lowest BCUT2D eigenvalue weighted by atomic mass is 9.99. The molecule has 2 amide bonds. The molecule has 3 aromatic rings. The molecule has 1 aliphatic heterocycles. The first-order chi connectivity index (χ1) is 16.0. The molecule has 0 aliphatic carbocycles. The van der Waals surface area contributed by atoms with Crippen molar-refractivity contribution in [3.63, 3.8) is 0 Å². The normalized spacial score (nSPS) is 16.6. The van der Waals surface area contributed by atoms with E-state index >= 15 is 0 Å². The molecule has 33 heavy (non-hydrogen) atoms. The molecule has 1 fully saturated rings. The number of benzene rings is 3. The van der Waals surface area contributed by atoms with E-state index in [1.807, 2.05) is 43.3 Å². The van der Waals surface area contributed by atoms with Crippen LogP contribution in [0.1, 0.15) is 22.3 Å². The molecular formula is C26H25N3O4. The van der Waals surface area contributed by atoms with Crippen molar-refractivity contribution in [2.75, 3.05) is 19.0 Å². The van der Waals surface area contributed by atoms with Gasteiger partial charge in [0.15, 0.2) is 0 Å². The van der Waals surface area contributed by atoms with E-state index in [4.69, 9.17) is 4.84 Å². The average Bonchev–Trinajstić information content (AvgIpc) is 3.25. The molecule has 0 spiro atoms. The standard InChI is InChI=1S/C26H25N3O4/c1-17-7-3-4-8-21(17)18-11-13-19(14-12-18)26(32)29-16-20(28-33-2)15-23(29)25(31)27-22-9-5-6-10-24(22)30/h3-14,23,30H,15-16H2,1-2H3,(H,27,31)/b28-20+/t23-/m0/s1. The maximum absolute atomic E-state index is 13.3. The molecule has 1 atom stereocenters. The third kappa shape index (κ3) is 4.72. The Kier molecular flexibility index (Phi) is 6.40. The molecule has 7 nitrogen and oxygen atoms in total. The molecule has 0 saturated carbocycles. The average molecular weight is 444 g/mol. The Labute approximate surface area is 192 Å². The van der Waals surface area contributed by atoms with Crippen molar-refractivity contribution in [3.8, 4) is 16.9 Å². The summed E-state index contributed by atoms with van der Waals surface area (Å²) in [5.41, 5.74) is 4.63. The number of para-hydroxylation sites is 2. The summed E-state index contributed by atoms with van der Waals surface area (Å²) in [5, 5.41) is 16.7. The Balaban J connectivity index is 1.57. The van der Waals surface area contributed by atoms with Gasteiger partial charge in [0.2, 0.25) is 5.91 Å². The number of phenols is 1. The molecule has 1 saturated heterocycles. The lowest BCUT2D eigenvalue weighted by Gasteiger charge is -2.23. The molecule has 168 valence electrons. The highest BCUT2D eigenvalue weighted by Crippen LogP contribution is 2.27. The predicted molar refractivity (Wildman–Crippen MR) is 127 cm³/mol. The van der Waals surface area contributed by atoms with E-state index in [2.05, 4.69) is 10.5 Å². The largest absolute Gasteiger partial charge is 0.506 e. The van der Waals surface area contributed by atoms with Crippen LogP contribution in [-0.4, -0.2) is 47.2 Å². The minimum absolute atomic E-state index is 0.0423. The van der Waals surface area contributed by atoms with Crippen LogP contribution < -0.4 is 5.32 Å². The number of aryl methyl sites for hydroxylation is 1. The maximum atomic E-state index is 13.3. The summed E-state index contributed by atoms with van der Waals surface area (Å²) in [6.07, 6.45) is 0.250. The van der Waals surface area contributed by atoms with Crippen LogP contribution in [0.15, 0.2) is 78.0 Å². The molecule has 0 unspecified atom stereocenters. The summed E-state index contributed by atoms with van der Waals surface area (Å²) in [5.74, 6) is -0.716. The number of anilines is 1. The molecule has 1 heterocycles. The minimum atomic E-state index is -0.776. The number of rotatable bonds is 5. The van der Waals surface area contributed by atoms with Gasteiger partial charge in [-0.3, -0.25) is 9.59 Å². The van der Waals surface area contributed by atoms with Gasteiger partial charge < -0.3 is 20.2 Å². The summed E-state index contributed by atoms with van der Waals surface area (Å²) in [6.45, 7) is 2.23. The summed E-state index contributed by atoms with van der Waals surface area (Å²) >= 11 is 0. The number of likely N-dealkylation sites (tertiary alicyclic amines) is 1. The van der Waals surface area contributed by atoms with Crippen molar-refractivity contribution in [3.05, 3.63) is 83.9 Å². The molecule has 0 aromatic heterocycles. The van der Waals surface area contributed by atoms with Crippen LogP contribution in [0.2, 0.25) is 0 Å². The van der Waals surface area contributed by atoms with Gasteiger partial charge >= 0.3 is 0 Å². The zero-order valence-corrected chi connectivity index (χ0v) is 18.5. The number of carbonyl (C=O) groups excluding carboxylic acids is 2. The zero-order valence-electron chi connectivity index (χ0n) is 18.5. The first-order valence-corrected chi connectivity index (χ1v) is 10.6. The Hall–Kier alpha value is -4.13. The number of hydrogen-bond donors (Lipinski definition) is 2. The highest BCUT2D eigenvalue weighted by Gasteiger charge is 2.38. The number of phenolic OH excluding ortho intramolecular Hbond substituents is 1. The summed E-state index contributed by atoms with van der Waals surface area (Å²) in [7, 11) is 1.43. The first-order valence-electron chi connectivity index (χ1n) is 10.6. The highest BCUT2D eigenvalue weighted by molar-refractivity contribution is 6.08. The highest BCUT2D eigenvalue weighted by atomic mass is 16.6. The molecule has 4 rings (SSSR count). The van der Waals surface area contributed by atoms with E-state index < -0.39 is 11.9 Å². The quantitative estimate of drug-likeness (QED) is 0.456. The lowest BCUT2D eigenvalue weighted by Crippen LogP contribution is -2.43. The number of hydrogen-bond acceptors (Lipinski definition) is 5. The van der Waals surface area contributed by atoms with Crippen molar-refractivity contribution < 1.29 is 19.5 Å².